The zero-order valence-electron chi connectivity index (χ0n) is 11.2. The first-order chi connectivity index (χ1) is 9.59. The molecule has 0 aromatic heterocycles. The molecule has 3 nitrogen and oxygen atoms in total. The normalized spacial score (nSPS) is 11.1. The third-order valence-corrected chi connectivity index (χ3v) is 5.95. The summed E-state index contributed by atoms with van der Waals surface area (Å²) in [5.74, 6) is 0. The molecule has 0 aliphatic carbocycles. The summed E-state index contributed by atoms with van der Waals surface area (Å²) in [4.78, 5) is 35.7. The quantitative estimate of drug-likeness (QED) is 0.855. The van der Waals surface area contributed by atoms with Crippen molar-refractivity contribution in [3.63, 3.8) is 0 Å². The predicted octanol–water partition coefficient (Wildman–Crippen LogP) is 3.61. The van der Waals surface area contributed by atoms with E-state index in [9.17, 15) is 14.5 Å². The van der Waals surface area contributed by atoms with Gasteiger partial charge in [0.15, 0.2) is 0 Å². The molecule has 1 N–H and O–H groups in total. The van der Waals surface area contributed by atoms with Gasteiger partial charge in [0.25, 0.3) is 7.49 Å². The summed E-state index contributed by atoms with van der Waals surface area (Å²) < 4.78 is 0. The van der Waals surface area contributed by atoms with Gasteiger partial charge in [0, 0.05) is 0 Å². The number of benzene rings is 2. The number of rotatable bonds is 5. The smallest absolute Gasteiger partial charge is 0.244 e. The highest BCUT2D eigenvalue weighted by Crippen LogP contribution is 2.59. The van der Waals surface area contributed by atoms with Crippen molar-refractivity contribution in [1.82, 2.24) is 0 Å². The number of carbonyl (C=O) groups is 2. The Hall–Kier alpha value is -1.83. The van der Waals surface area contributed by atoms with Crippen LogP contribution in [0.15, 0.2) is 60.7 Å². The van der Waals surface area contributed by atoms with Gasteiger partial charge < -0.3 is 0 Å². The van der Waals surface area contributed by atoms with Crippen molar-refractivity contribution in [1.29, 1.82) is 0 Å². The number of hydrogen-bond acceptors (Lipinski definition) is 3. The second-order valence-electron chi connectivity index (χ2n) is 4.43. The van der Waals surface area contributed by atoms with Crippen molar-refractivity contribution in [2.24, 2.45) is 0 Å². The van der Waals surface area contributed by atoms with E-state index in [0.29, 0.717) is 11.1 Å². The van der Waals surface area contributed by atoms with Gasteiger partial charge in [0.05, 0.1) is 17.3 Å². The Morgan fingerprint density at radius 1 is 0.850 bits per heavy atom. The van der Waals surface area contributed by atoms with Crippen molar-refractivity contribution in [3.8, 4) is 0 Å². The van der Waals surface area contributed by atoms with Crippen LogP contribution in [0, 0.1) is 0 Å². The maximum absolute atomic E-state index is 12.5. The van der Waals surface area contributed by atoms with Crippen LogP contribution in [-0.2, 0) is 0 Å². The molecule has 2 rings (SSSR count). The van der Waals surface area contributed by atoms with Crippen LogP contribution in [0.2, 0.25) is 0 Å². The molecular weight excluding hydrogens is 271 g/mol. The van der Waals surface area contributed by atoms with Crippen LogP contribution in [-0.4, -0.2) is 22.1 Å². The maximum atomic E-state index is 12.5. The molecule has 0 heterocycles. The minimum Gasteiger partial charge on any atom is -0.244 e. The molecule has 0 atom stereocenters. The zero-order chi connectivity index (χ0) is 14.6. The van der Waals surface area contributed by atoms with E-state index in [1.807, 2.05) is 0 Å². The largest absolute Gasteiger partial charge is 0.335 e. The van der Waals surface area contributed by atoms with E-state index >= 15 is 0 Å². The first-order valence-corrected chi connectivity index (χ1v) is 8.33. The Morgan fingerprint density at radius 3 is 1.50 bits per heavy atom. The minimum absolute atomic E-state index is 0.147. The Labute approximate surface area is 118 Å². The molecule has 0 saturated carbocycles. The van der Waals surface area contributed by atoms with E-state index in [1.54, 1.807) is 67.6 Å². The van der Waals surface area contributed by atoms with Crippen molar-refractivity contribution in [3.05, 3.63) is 71.8 Å². The van der Waals surface area contributed by atoms with E-state index in [-0.39, 0.29) is 6.16 Å². The SMILES string of the molecule is CC[P+](O)(C(=O)c1ccccc1)C(=O)c1ccccc1. The van der Waals surface area contributed by atoms with E-state index in [4.69, 9.17) is 0 Å². The van der Waals surface area contributed by atoms with Crippen LogP contribution < -0.4 is 0 Å². The Kier molecular flexibility index (Phi) is 4.43. The lowest BCUT2D eigenvalue weighted by Crippen LogP contribution is -2.18. The van der Waals surface area contributed by atoms with Gasteiger partial charge in [0.1, 0.15) is 0 Å². The topological polar surface area (TPSA) is 54.4 Å². The molecule has 0 unspecified atom stereocenters. The first-order valence-electron chi connectivity index (χ1n) is 6.40. The summed E-state index contributed by atoms with van der Waals surface area (Å²) >= 11 is 0. The Bertz CT molecular complexity index is 557. The average molecular weight is 287 g/mol. The molecule has 0 aliphatic heterocycles. The average Bonchev–Trinajstić information content (AvgIpc) is 2.54. The summed E-state index contributed by atoms with van der Waals surface area (Å²) in [6, 6.07) is 17.0. The second kappa shape index (κ2) is 6.08. The van der Waals surface area contributed by atoms with Crippen LogP contribution in [0.1, 0.15) is 27.6 Å². The zero-order valence-corrected chi connectivity index (χ0v) is 12.1. The van der Waals surface area contributed by atoms with Gasteiger partial charge in [0.2, 0.25) is 0 Å². The fourth-order valence-electron chi connectivity index (χ4n) is 1.97. The first kappa shape index (κ1) is 14.6. The summed E-state index contributed by atoms with van der Waals surface area (Å²) in [6.07, 6.45) is 0.147. The van der Waals surface area contributed by atoms with E-state index in [1.165, 1.54) is 0 Å². The Morgan fingerprint density at radius 2 is 1.20 bits per heavy atom. The molecule has 0 bridgehead atoms. The van der Waals surface area contributed by atoms with Gasteiger partial charge in [-0.05, 0) is 31.2 Å². The lowest BCUT2D eigenvalue weighted by Gasteiger charge is -2.14. The van der Waals surface area contributed by atoms with Crippen LogP contribution in [0.5, 0.6) is 0 Å². The summed E-state index contributed by atoms with van der Waals surface area (Å²) in [7, 11) is -3.35. The van der Waals surface area contributed by atoms with Gasteiger partial charge in [-0.25, -0.2) is 14.5 Å². The van der Waals surface area contributed by atoms with Crippen molar-refractivity contribution < 1.29 is 14.5 Å². The molecule has 4 heteroatoms. The minimum atomic E-state index is -3.35. The van der Waals surface area contributed by atoms with Crippen LogP contribution >= 0.6 is 7.49 Å². The summed E-state index contributed by atoms with van der Waals surface area (Å²) in [5, 5.41) is 0. The molecule has 0 saturated heterocycles. The lowest BCUT2D eigenvalue weighted by molar-refractivity contribution is 0.102. The summed E-state index contributed by atoms with van der Waals surface area (Å²) in [5.41, 5.74) is -0.132. The van der Waals surface area contributed by atoms with Crippen LogP contribution in [0.3, 0.4) is 0 Å². The molecule has 20 heavy (non-hydrogen) atoms. The highest BCUT2D eigenvalue weighted by atomic mass is 31.2. The van der Waals surface area contributed by atoms with E-state index < -0.39 is 18.5 Å². The van der Waals surface area contributed by atoms with Crippen LogP contribution in [0.25, 0.3) is 0 Å². The molecule has 2 aromatic carbocycles. The van der Waals surface area contributed by atoms with Crippen molar-refractivity contribution in [2.75, 3.05) is 6.16 Å². The second-order valence-corrected chi connectivity index (χ2v) is 7.41. The fraction of sp³-hybridized carbons (Fsp3) is 0.125. The highest BCUT2D eigenvalue weighted by Gasteiger charge is 2.52. The molecule has 0 fully saturated rings. The standard InChI is InChI=1S/C16H16O3P/c1-2-20(19,15(17)13-9-5-3-6-10-13)16(18)14-11-7-4-8-12-14/h3-12,19H,2H2,1H3/q+1. The molecule has 0 spiro atoms. The molecule has 0 aliphatic rings. The van der Waals surface area contributed by atoms with E-state index in [0.717, 1.165) is 0 Å². The van der Waals surface area contributed by atoms with Crippen molar-refractivity contribution in [2.45, 2.75) is 6.92 Å². The third kappa shape index (κ3) is 2.69. The number of carbonyl (C=O) groups excluding carboxylic acids is 2. The number of hydrogen-bond donors (Lipinski definition) is 1. The van der Waals surface area contributed by atoms with Crippen LogP contribution in [0.4, 0.5) is 0 Å². The van der Waals surface area contributed by atoms with Gasteiger partial charge in [-0.3, -0.25) is 0 Å². The van der Waals surface area contributed by atoms with Gasteiger partial charge >= 0.3 is 11.0 Å². The monoisotopic (exact) mass is 287 g/mol. The van der Waals surface area contributed by atoms with E-state index in [2.05, 4.69) is 0 Å². The van der Waals surface area contributed by atoms with Crippen molar-refractivity contribution >= 4 is 18.5 Å². The molecule has 0 radical (unpaired) electrons. The van der Waals surface area contributed by atoms with Gasteiger partial charge in [-0.15, -0.1) is 0 Å². The Balaban J connectivity index is 2.39. The molecule has 2 aromatic rings. The third-order valence-electron chi connectivity index (χ3n) is 3.17. The molecular formula is C16H16O3P+. The van der Waals surface area contributed by atoms with Gasteiger partial charge in [-0.2, -0.15) is 0 Å². The summed E-state index contributed by atoms with van der Waals surface area (Å²) in [6.45, 7) is 1.68. The molecule has 0 amide bonds. The molecule has 102 valence electrons. The highest BCUT2D eigenvalue weighted by molar-refractivity contribution is 8.00. The van der Waals surface area contributed by atoms with Gasteiger partial charge in [-0.1, -0.05) is 36.4 Å². The fourth-order valence-corrected chi connectivity index (χ4v) is 3.88. The lowest BCUT2D eigenvalue weighted by atomic mass is 10.2. The predicted molar refractivity (Wildman–Crippen MR) is 81.2 cm³/mol. The maximum Gasteiger partial charge on any atom is 0.335 e.